The zero-order chi connectivity index (χ0) is 25.4. The fourth-order valence-corrected chi connectivity index (χ4v) is 5.60. The van der Waals surface area contributed by atoms with E-state index in [9.17, 15) is 13.2 Å². The molecule has 0 N–H and O–H groups in total. The van der Waals surface area contributed by atoms with Crippen LogP contribution < -0.4 is 13.8 Å². The van der Waals surface area contributed by atoms with Crippen molar-refractivity contribution in [2.45, 2.75) is 24.2 Å². The van der Waals surface area contributed by atoms with Crippen LogP contribution in [0, 0.1) is 22.7 Å². The zero-order valence-electron chi connectivity index (χ0n) is 19.6. The molecule has 182 valence electrons. The van der Waals surface area contributed by atoms with Crippen LogP contribution in [0.2, 0.25) is 0 Å². The number of methoxy groups -OCH3 is 2. The minimum atomic E-state index is -4.00. The molecule has 9 nitrogen and oxygen atoms in total. The normalized spacial score (nSPS) is 12.6. The maximum Gasteiger partial charge on any atom is 0.268 e. The molecule has 0 saturated heterocycles. The van der Waals surface area contributed by atoms with Gasteiger partial charge in [0.25, 0.3) is 10.0 Å². The standard InChI is InChI=1S/C25H26N4O5S/c1-33-22-17-19(9-10-24(30)28(14-5-12-26)15-6-13-27)18-23(25(22)34-2)35(31,32)29-16-11-20-7-3-4-8-21(20)29/h3-4,7-10,17-18H,5-6,11,14-16H2,1-2H3/b10-9+. The predicted molar refractivity (Wildman–Crippen MR) is 130 cm³/mol. The molecular formula is C25H26N4O5S. The van der Waals surface area contributed by atoms with Crippen LogP contribution in [0.4, 0.5) is 5.69 Å². The van der Waals surface area contributed by atoms with E-state index in [1.807, 2.05) is 24.3 Å². The van der Waals surface area contributed by atoms with E-state index in [1.54, 1.807) is 18.2 Å². The Labute approximate surface area is 205 Å². The summed E-state index contributed by atoms with van der Waals surface area (Å²) in [6.07, 6.45) is 3.65. The van der Waals surface area contributed by atoms with Gasteiger partial charge in [-0.05, 0) is 41.8 Å². The molecule has 0 spiro atoms. The van der Waals surface area contributed by atoms with Gasteiger partial charge in [-0.15, -0.1) is 0 Å². The van der Waals surface area contributed by atoms with Crippen molar-refractivity contribution < 1.29 is 22.7 Å². The number of nitrogens with zero attached hydrogens (tertiary/aromatic N) is 4. The lowest BCUT2D eigenvalue weighted by molar-refractivity contribution is -0.125. The SMILES string of the molecule is COc1cc(/C=C/C(=O)N(CCC#N)CCC#N)cc(S(=O)(=O)N2CCc3ccccc32)c1OC. The molecule has 3 rings (SSSR count). The highest BCUT2D eigenvalue weighted by Gasteiger charge is 2.34. The summed E-state index contributed by atoms with van der Waals surface area (Å²) in [6, 6.07) is 14.3. The number of sulfonamides is 1. The summed E-state index contributed by atoms with van der Waals surface area (Å²) in [7, 11) is -1.22. The summed E-state index contributed by atoms with van der Waals surface area (Å²) in [5, 5.41) is 17.7. The Morgan fingerprint density at radius 3 is 2.43 bits per heavy atom. The number of benzene rings is 2. The van der Waals surface area contributed by atoms with Gasteiger partial charge in [0.1, 0.15) is 4.90 Å². The van der Waals surface area contributed by atoms with Gasteiger partial charge in [-0.2, -0.15) is 10.5 Å². The number of para-hydroxylation sites is 1. The Morgan fingerprint density at radius 2 is 1.80 bits per heavy atom. The van der Waals surface area contributed by atoms with Crippen LogP contribution >= 0.6 is 0 Å². The van der Waals surface area contributed by atoms with Crippen molar-refractivity contribution in [1.29, 1.82) is 10.5 Å². The van der Waals surface area contributed by atoms with Gasteiger partial charge in [0.2, 0.25) is 5.91 Å². The van der Waals surface area contributed by atoms with Gasteiger partial charge < -0.3 is 14.4 Å². The number of carbonyl (C=O) groups excluding carboxylic acids is 1. The van der Waals surface area contributed by atoms with Crippen molar-refractivity contribution in [3.63, 3.8) is 0 Å². The number of rotatable bonds is 10. The summed E-state index contributed by atoms with van der Waals surface area (Å²) in [5.41, 5.74) is 1.98. The van der Waals surface area contributed by atoms with Gasteiger partial charge in [0.15, 0.2) is 11.5 Å². The van der Waals surface area contributed by atoms with Gasteiger partial charge >= 0.3 is 0 Å². The molecule has 1 heterocycles. The van der Waals surface area contributed by atoms with Gasteiger partial charge in [0, 0.05) is 25.7 Å². The van der Waals surface area contributed by atoms with Crippen LogP contribution in [0.15, 0.2) is 47.4 Å². The highest BCUT2D eigenvalue weighted by molar-refractivity contribution is 7.93. The van der Waals surface area contributed by atoms with Gasteiger partial charge in [-0.25, -0.2) is 8.42 Å². The first-order chi connectivity index (χ1) is 16.9. The molecular weight excluding hydrogens is 468 g/mol. The van der Waals surface area contributed by atoms with E-state index < -0.39 is 10.0 Å². The molecule has 0 aliphatic carbocycles. The molecule has 1 aliphatic heterocycles. The van der Waals surface area contributed by atoms with E-state index in [0.29, 0.717) is 24.2 Å². The maximum atomic E-state index is 13.7. The Kier molecular flexibility index (Phi) is 8.34. The number of hydrogen-bond donors (Lipinski definition) is 0. The van der Waals surface area contributed by atoms with Crippen molar-refractivity contribution in [1.82, 2.24) is 4.90 Å². The summed E-state index contributed by atoms with van der Waals surface area (Å²) in [6.45, 7) is 0.695. The van der Waals surface area contributed by atoms with Crippen molar-refractivity contribution in [3.8, 4) is 23.6 Å². The number of anilines is 1. The highest BCUT2D eigenvalue weighted by atomic mass is 32.2. The Balaban J connectivity index is 1.99. The second kappa shape index (κ2) is 11.4. The van der Waals surface area contributed by atoms with Crippen molar-refractivity contribution in [2.24, 2.45) is 0 Å². The average Bonchev–Trinajstić information content (AvgIpc) is 3.31. The van der Waals surface area contributed by atoms with Gasteiger partial charge in [0.05, 0.1) is 44.9 Å². The third-order valence-corrected chi connectivity index (χ3v) is 7.42. The van der Waals surface area contributed by atoms with Crippen LogP contribution in [0.3, 0.4) is 0 Å². The molecule has 2 aromatic rings. The molecule has 1 aliphatic rings. The quantitative estimate of drug-likeness (QED) is 0.465. The first-order valence-electron chi connectivity index (χ1n) is 10.9. The molecule has 35 heavy (non-hydrogen) atoms. The number of carbonyl (C=O) groups is 1. The maximum absolute atomic E-state index is 13.7. The van der Waals surface area contributed by atoms with Crippen LogP contribution in [-0.2, 0) is 21.2 Å². The fourth-order valence-electron chi connectivity index (χ4n) is 3.89. The van der Waals surface area contributed by atoms with E-state index in [0.717, 1.165) is 5.56 Å². The third kappa shape index (κ3) is 5.56. The predicted octanol–water partition coefficient (Wildman–Crippen LogP) is 3.12. The Morgan fingerprint density at radius 1 is 1.11 bits per heavy atom. The minimum Gasteiger partial charge on any atom is -0.493 e. The van der Waals surface area contributed by atoms with E-state index in [-0.39, 0.29) is 48.2 Å². The second-order valence-electron chi connectivity index (χ2n) is 7.69. The first kappa shape index (κ1) is 25.6. The van der Waals surface area contributed by atoms with Crippen LogP contribution in [-0.4, -0.2) is 53.1 Å². The zero-order valence-corrected chi connectivity index (χ0v) is 20.4. The summed E-state index contributed by atoms with van der Waals surface area (Å²) < 4.78 is 39.6. The fraction of sp³-hybridized carbons (Fsp3) is 0.320. The molecule has 0 aromatic heterocycles. The lowest BCUT2D eigenvalue weighted by Gasteiger charge is -2.22. The molecule has 0 unspecified atom stereocenters. The van der Waals surface area contributed by atoms with Crippen molar-refractivity contribution in [3.05, 3.63) is 53.6 Å². The second-order valence-corrected chi connectivity index (χ2v) is 9.52. The largest absolute Gasteiger partial charge is 0.493 e. The Hall–Kier alpha value is -4.02. The third-order valence-electron chi connectivity index (χ3n) is 5.60. The van der Waals surface area contributed by atoms with Crippen LogP contribution in [0.25, 0.3) is 6.08 Å². The summed E-state index contributed by atoms with van der Waals surface area (Å²) >= 11 is 0. The summed E-state index contributed by atoms with van der Waals surface area (Å²) in [4.78, 5) is 14.0. The van der Waals surface area contributed by atoms with E-state index in [1.165, 1.54) is 41.6 Å². The minimum absolute atomic E-state index is 0.0741. The van der Waals surface area contributed by atoms with Gasteiger partial charge in [-0.1, -0.05) is 18.2 Å². The van der Waals surface area contributed by atoms with Crippen LogP contribution in [0.5, 0.6) is 11.5 Å². The number of nitriles is 2. The average molecular weight is 495 g/mol. The topological polar surface area (TPSA) is 124 Å². The van der Waals surface area contributed by atoms with E-state index in [4.69, 9.17) is 20.0 Å². The number of amides is 1. The number of hydrogen-bond acceptors (Lipinski definition) is 7. The number of ether oxygens (including phenoxy) is 2. The lowest BCUT2D eigenvalue weighted by Crippen LogP contribution is -2.31. The summed E-state index contributed by atoms with van der Waals surface area (Å²) in [5.74, 6) is -0.104. The smallest absolute Gasteiger partial charge is 0.268 e. The monoisotopic (exact) mass is 494 g/mol. The Bertz CT molecular complexity index is 1290. The molecule has 1 amide bonds. The molecule has 0 fully saturated rings. The van der Waals surface area contributed by atoms with Crippen LogP contribution in [0.1, 0.15) is 24.0 Å². The van der Waals surface area contributed by atoms with Gasteiger partial charge in [-0.3, -0.25) is 9.10 Å². The molecule has 0 radical (unpaired) electrons. The van der Waals surface area contributed by atoms with E-state index in [2.05, 4.69) is 0 Å². The lowest BCUT2D eigenvalue weighted by atomic mass is 10.1. The molecule has 0 bridgehead atoms. The van der Waals surface area contributed by atoms with Crippen molar-refractivity contribution in [2.75, 3.05) is 38.2 Å². The number of fused-ring (bicyclic) bond motifs is 1. The first-order valence-corrected chi connectivity index (χ1v) is 12.4. The van der Waals surface area contributed by atoms with Crippen molar-refractivity contribution >= 4 is 27.7 Å². The highest BCUT2D eigenvalue weighted by Crippen LogP contribution is 2.40. The molecule has 0 saturated carbocycles. The molecule has 10 heteroatoms. The molecule has 2 aromatic carbocycles. The van der Waals surface area contributed by atoms with E-state index >= 15 is 0 Å². The molecule has 0 atom stereocenters.